The van der Waals surface area contributed by atoms with Crippen LogP contribution in [0, 0.1) is 5.92 Å². The predicted octanol–water partition coefficient (Wildman–Crippen LogP) is 4.61. The molecule has 0 aliphatic rings. The fourth-order valence-electron chi connectivity index (χ4n) is 2.89. The van der Waals surface area contributed by atoms with Crippen LogP contribution >= 0.6 is 39.1 Å². The van der Waals surface area contributed by atoms with E-state index < -0.39 is 23.8 Å². The smallest absolute Gasteiger partial charge is 0.343 e. The maximum Gasteiger partial charge on any atom is 0.343 e. The van der Waals surface area contributed by atoms with Gasteiger partial charge in [-0.25, -0.2) is 10.2 Å². The minimum absolute atomic E-state index is 0.225. The Labute approximate surface area is 227 Å². The highest BCUT2D eigenvalue weighted by Crippen LogP contribution is 2.36. The number of carbonyl (C=O) groups excluding carboxylic acids is 3. The normalized spacial score (nSPS) is 11.8. The molecule has 36 heavy (non-hydrogen) atoms. The molecule has 0 spiro atoms. The van der Waals surface area contributed by atoms with E-state index >= 15 is 0 Å². The number of amides is 2. The van der Waals surface area contributed by atoms with E-state index in [1.54, 1.807) is 32.9 Å². The van der Waals surface area contributed by atoms with Crippen LogP contribution in [0.2, 0.25) is 10.0 Å². The fraction of sp³-hybridized carbons (Fsp3) is 0.333. The lowest BCUT2D eigenvalue weighted by molar-refractivity contribution is -0.143. The molecule has 0 heterocycles. The fourth-order valence-corrected chi connectivity index (χ4v) is 3.76. The van der Waals surface area contributed by atoms with E-state index in [9.17, 15) is 14.4 Å². The highest BCUT2D eigenvalue weighted by Gasteiger charge is 2.25. The zero-order valence-corrected chi connectivity index (χ0v) is 23.2. The molecule has 0 aliphatic carbocycles. The van der Waals surface area contributed by atoms with Crippen LogP contribution in [0.3, 0.4) is 0 Å². The zero-order valence-electron chi connectivity index (χ0n) is 20.1. The summed E-state index contributed by atoms with van der Waals surface area (Å²) in [5.74, 6) is -1.04. The average molecular weight is 603 g/mol. The van der Waals surface area contributed by atoms with Crippen LogP contribution in [0.5, 0.6) is 11.5 Å². The lowest BCUT2D eigenvalue weighted by Gasteiger charge is -2.20. The second-order valence-electron chi connectivity index (χ2n) is 7.69. The molecule has 9 nitrogen and oxygen atoms in total. The maximum absolute atomic E-state index is 12.7. The Kier molecular flexibility index (Phi) is 11.5. The van der Waals surface area contributed by atoms with Gasteiger partial charge < -0.3 is 19.5 Å². The Morgan fingerprint density at radius 1 is 1.11 bits per heavy atom. The van der Waals surface area contributed by atoms with Gasteiger partial charge in [0.2, 0.25) is 0 Å². The van der Waals surface area contributed by atoms with Crippen molar-refractivity contribution in [1.29, 1.82) is 0 Å². The summed E-state index contributed by atoms with van der Waals surface area (Å²) in [6.45, 7) is 5.46. The molecule has 2 aromatic rings. The Hall–Kier alpha value is -2.82. The largest absolute Gasteiger partial charge is 0.490 e. The first-order valence-electron chi connectivity index (χ1n) is 10.8. The average Bonchev–Trinajstić information content (AvgIpc) is 2.83. The molecular formula is C24H26BrCl2N3O6. The molecule has 0 fully saturated rings. The highest BCUT2D eigenvalue weighted by molar-refractivity contribution is 9.10. The summed E-state index contributed by atoms with van der Waals surface area (Å²) in [6, 6.07) is 6.92. The number of hydrazone groups is 1. The molecule has 0 radical (unpaired) electrons. The first kappa shape index (κ1) is 29.4. The first-order chi connectivity index (χ1) is 17.1. The van der Waals surface area contributed by atoms with Gasteiger partial charge in [0.25, 0.3) is 11.8 Å². The highest BCUT2D eigenvalue weighted by atomic mass is 79.9. The molecule has 1 unspecified atom stereocenters. The number of hydrogen-bond acceptors (Lipinski definition) is 7. The lowest BCUT2D eigenvalue weighted by atomic mass is 10.0. The summed E-state index contributed by atoms with van der Waals surface area (Å²) < 4.78 is 16.2. The summed E-state index contributed by atoms with van der Waals surface area (Å²) >= 11 is 15.3. The van der Waals surface area contributed by atoms with Gasteiger partial charge in [-0.3, -0.25) is 9.59 Å². The monoisotopic (exact) mass is 601 g/mol. The zero-order chi connectivity index (χ0) is 26.8. The van der Waals surface area contributed by atoms with Crippen molar-refractivity contribution in [3.63, 3.8) is 0 Å². The Balaban J connectivity index is 2.12. The van der Waals surface area contributed by atoms with Gasteiger partial charge in [-0.15, -0.1) is 0 Å². The number of methoxy groups -OCH3 is 1. The van der Waals surface area contributed by atoms with Crippen molar-refractivity contribution in [3.05, 3.63) is 56.0 Å². The van der Waals surface area contributed by atoms with Gasteiger partial charge in [-0.05, 0) is 64.7 Å². The maximum atomic E-state index is 12.7. The number of nitrogens with zero attached hydrogens (tertiary/aromatic N) is 1. The van der Waals surface area contributed by atoms with Gasteiger partial charge in [-0.1, -0.05) is 37.0 Å². The van der Waals surface area contributed by atoms with Crippen LogP contribution < -0.4 is 20.2 Å². The van der Waals surface area contributed by atoms with Crippen molar-refractivity contribution in [3.8, 4) is 11.5 Å². The first-order valence-corrected chi connectivity index (χ1v) is 12.4. The van der Waals surface area contributed by atoms with E-state index in [-0.39, 0.29) is 23.1 Å². The van der Waals surface area contributed by atoms with E-state index in [2.05, 4.69) is 36.5 Å². The van der Waals surface area contributed by atoms with E-state index in [0.717, 1.165) is 0 Å². The van der Waals surface area contributed by atoms with Crippen LogP contribution in [0.1, 0.15) is 36.7 Å². The van der Waals surface area contributed by atoms with Crippen molar-refractivity contribution in [1.82, 2.24) is 10.7 Å². The van der Waals surface area contributed by atoms with Gasteiger partial charge in [0.15, 0.2) is 18.1 Å². The van der Waals surface area contributed by atoms with Crippen molar-refractivity contribution in [2.75, 3.05) is 20.3 Å². The Bertz CT molecular complexity index is 1140. The molecule has 0 saturated carbocycles. The number of hydrogen-bond donors (Lipinski definition) is 2. The molecule has 2 rings (SSSR count). The molecule has 2 aromatic carbocycles. The molecular weight excluding hydrogens is 577 g/mol. The van der Waals surface area contributed by atoms with E-state index in [4.69, 9.17) is 32.7 Å². The third kappa shape index (κ3) is 8.39. The number of halogens is 3. The Morgan fingerprint density at radius 3 is 2.44 bits per heavy atom. The standard InChI is InChI=1S/C24H26BrCl2N3O6/c1-5-35-19-9-14(8-16(25)22(19)36-12-20(31)34-4)11-28-30-24(33)21(13(2)3)29-23(32)15-6-7-17(26)18(27)10-15/h6-11,13,21H,5,12H2,1-4H3,(H,29,32)(H,30,33). The predicted molar refractivity (Wildman–Crippen MR) is 141 cm³/mol. The third-order valence-electron chi connectivity index (χ3n) is 4.70. The molecule has 0 bridgehead atoms. The number of rotatable bonds is 11. The summed E-state index contributed by atoms with van der Waals surface area (Å²) in [4.78, 5) is 36.8. The van der Waals surface area contributed by atoms with Gasteiger partial charge in [0, 0.05) is 5.56 Å². The van der Waals surface area contributed by atoms with Crippen LogP contribution in [-0.4, -0.2) is 50.4 Å². The molecule has 12 heteroatoms. The second-order valence-corrected chi connectivity index (χ2v) is 9.35. The minimum atomic E-state index is -0.857. The van der Waals surface area contributed by atoms with Crippen LogP contribution in [0.25, 0.3) is 0 Å². The molecule has 194 valence electrons. The molecule has 0 aromatic heterocycles. The molecule has 0 saturated heterocycles. The quantitative estimate of drug-likeness (QED) is 0.220. The van der Waals surface area contributed by atoms with Crippen LogP contribution in [0.4, 0.5) is 0 Å². The van der Waals surface area contributed by atoms with Crippen LogP contribution in [-0.2, 0) is 14.3 Å². The van der Waals surface area contributed by atoms with Gasteiger partial charge in [0.1, 0.15) is 6.04 Å². The summed E-state index contributed by atoms with van der Waals surface area (Å²) in [5.41, 5.74) is 3.30. The summed E-state index contributed by atoms with van der Waals surface area (Å²) in [5, 5.41) is 7.25. The Morgan fingerprint density at radius 2 is 1.83 bits per heavy atom. The van der Waals surface area contributed by atoms with Crippen molar-refractivity contribution >= 4 is 63.1 Å². The topological polar surface area (TPSA) is 115 Å². The number of esters is 1. The van der Waals surface area contributed by atoms with E-state index in [1.807, 2.05) is 0 Å². The number of ether oxygens (including phenoxy) is 3. The summed E-state index contributed by atoms with van der Waals surface area (Å²) in [6.07, 6.45) is 1.41. The number of carbonyl (C=O) groups is 3. The van der Waals surface area contributed by atoms with Crippen LogP contribution in [0.15, 0.2) is 39.9 Å². The molecule has 1 atom stereocenters. The number of benzene rings is 2. The van der Waals surface area contributed by atoms with Gasteiger partial charge in [-0.2, -0.15) is 5.10 Å². The second kappa shape index (κ2) is 14.1. The lowest BCUT2D eigenvalue weighted by Crippen LogP contribution is -2.48. The molecule has 0 aliphatic heterocycles. The van der Waals surface area contributed by atoms with E-state index in [0.29, 0.717) is 33.2 Å². The minimum Gasteiger partial charge on any atom is -0.490 e. The summed E-state index contributed by atoms with van der Waals surface area (Å²) in [7, 11) is 1.26. The van der Waals surface area contributed by atoms with Gasteiger partial charge >= 0.3 is 5.97 Å². The van der Waals surface area contributed by atoms with Crippen molar-refractivity contribution in [2.45, 2.75) is 26.8 Å². The third-order valence-corrected chi connectivity index (χ3v) is 6.03. The van der Waals surface area contributed by atoms with Crippen molar-refractivity contribution < 1.29 is 28.6 Å². The SMILES string of the molecule is CCOc1cc(C=NNC(=O)C(NC(=O)c2ccc(Cl)c(Cl)c2)C(C)C)cc(Br)c1OCC(=O)OC. The molecule has 2 N–H and O–H groups in total. The van der Waals surface area contributed by atoms with Gasteiger partial charge in [0.05, 0.1) is 34.4 Å². The van der Waals surface area contributed by atoms with E-state index in [1.165, 1.54) is 31.5 Å². The van der Waals surface area contributed by atoms with Crippen molar-refractivity contribution in [2.24, 2.45) is 11.0 Å². The molecule has 2 amide bonds. The number of nitrogens with one attached hydrogen (secondary N) is 2.